The Kier molecular flexibility index (Phi) is 9.00. The van der Waals surface area contributed by atoms with Crippen molar-refractivity contribution in [2.45, 2.75) is 50.7 Å². The van der Waals surface area contributed by atoms with Crippen LogP contribution in [0.1, 0.15) is 31.7 Å². The largest absolute Gasteiger partial charge is 0.445 e. The van der Waals surface area contributed by atoms with Gasteiger partial charge in [0.1, 0.15) is 12.6 Å². The van der Waals surface area contributed by atoms with Gasteiger partial charge in [-0.05, 0) is 24.8 Å². The minimum Gasteiger partial charge on any atom is -0.445 e. The number of rotatable bonds is 10. The lowest BCUT2D eigenvalue weighted by Crippen LogP contribution is -2.53. The highest BCUT2D eigenvalue weighted by Gasteiger charge is 2.39. The summed E-state index contributed by atoms with van der Waals surface area (Å²) in [5, 5.41) is 17.4. The summed E-state index contributed by atoms with van der Waals surface area (Å²) in [5.74, 6) is -3.86. The van der Waals surface area contributed by atoms with E-state index < -0.39 is 43.4 Å². The molecule has 0 radical (unpaired) electrons. The minimum absolute atomic E-state index is 0.00106. The molecule has 172 valence electrons. The number of nitrogens with one attached hydrogen (secondary N) is 3. The third-order valence-electron chi connectivity index (χ3n) is 4.96. The monoisotopic (exact) mass is 457 g/mol. The summed E-state index contributed by atoms with van der Waals surface area (Å²) < 4.78 is 16.6. The lowest BCUT2D eigenvalue weighted by atomic mass is 9.98. The van der Waals surface area contributed by atoms with E-state index >= 15 is 0 Å². The van der Waals surface area contributed by atoms with E-state index in [0.717, 1.165) is 5.56 Å². The molecule has 1 fully saturated rings. The fourth-order valence-corrected chi connectivity index (χ4v) is 3.87. The Morgan fingerprint density at radius 2 is 1.94 bits per heavy atom. The zero-order valence-electron chi connectivity index (χ0n) is 17.1. The SMILES string of the molecule is CC[C@H](NC(=O)OCc1ccccc1)C(=O)N[C@@H](CC1CCNC1=O)C(O)P(=O)(O)O. The second-order valence-corrected chi connectivity index (χ2v) is 9.00. The van der Waals surface area contributed by atoms with Crippen LogP contribution >= 0.6 is 7.60 Å². The first-order valence-corrected chi connectivity index (χ1v) is 11.6. The first kappa shape index (κ1) is 24.8. The van der Waals surface area contributed by atoms with E-state index in [-0.39, 0.29) is 25.4 Å². The smallest absolute Gasteiger partial charge is 0.408 e. The first-order chi connectivity index (χ1) is 14.6. The predicted octanol–water partition coefficient (Wildman–Crippen LogP) is 0.199. The fourth-order valence-electron chi connectivity index (χ4n) is 3.21. The van der Waals surface area contributed by atoms with Gasteiger partial charge < -0.3 is 35.6 Å². The van der Waals surface area contributed by atoms with Crippen LogP contribution in [-0.4, -0.2) is 57.3 Å². The zero-order valence-corrected chi connectivity index (χ0v) is 18.0. The Bertz CT molecular complexity index is 816. The lowest BCUT2D eigenvalue weighted by Gasteiger charge is -2.28. The summed E-state index contributed by atoms with van der Waals surface area (Å²) in [5.41, 5.74) is 0.759. The van der Waals surface area contributed by atoms with Gasteiger partial charge in [0, 0.05) is 12.5 Å². The summed E-state index contributed by atoms with van der Waals surface area (Å²) in [6.45, 7) is 2.03. The number of alkyl carbamates (subject to hydrolysis) is 1. The average molecular weight is 457 g/mol. The summed E-state index contributed by atoms with van der Waals surface area (Å²) in [4.78, 5) is 55.2. The van der Waals surface area contributed by atoms with Crippen LogP contribution in [0.2, 0.25) is 0 Å². The van der Waals surface area contributed by atoms with Crippen LogP contribution in [0.5, 0.6) is 0 Å². The van der Waals surface area contributed by atoms with E-state index in [2.05, 4.69) is 16.0 Å². The van der Waals surface area contributed by atoms with E-state index in [9.17, 15) is 33.8 Å². The molecule has 6 N–H and O–H groups in total. The maximum Gasteiger partial charge on any atom is 0.408 e. The first-order valence-electron chi connectivity index (χ1n) is 9.90. The number of amides is 3. The molecule has 11 nitrogen and oxygen atoms in total. The molecule has 0 aliphatic carbocycles. The Morgan fingerprint density at radius 1 is 1.26 bits per heavy atom. The molecule has 3 amide bonds. The Morgan fingerprint density at radius 3 is 2.48 bits per heavy atom. The maximum atomic E-state index is 12.6. The molecule has 1 aliphatic rings. The highest BCUT2D eigenvalue weighted by molar-refractivity contribution is 7.52. The molecule has 12 heteroatoms. The molecule has 1 heterocycles. The number of carbonyl (C=O) groups excluding carboxylic acids is 3. The summed E-state index contributed by atoms with van der Waals surface area (Å²) in [7, 11) is -4.96. The van der Waals surface area contributed by atoms with Gasteiger partial charge in [0.2, 0.25) is 11.8 Å². The van der Waals surface area contributed by atoms with Crippen molar-refractivity contribution in [2.24, 2.45) is 5.92 Å². The number of aliphatic hydroxyl groups is 1. The van der Waals surface area contributed by atoms with Crippen molar-refractivity contribution in [1.82, 2.24) is 16.0 Å². The van der Waals surface area contributed by atoms with Gasteiger partial charge in [-0.25, -0.2) is 4.79 Å². The van der Waals surface area contributed by atoms with Crippen LogP contribution in [0, 0.1) is 5.92 Å². The third-order valence-corrected chi connectivity index (χ3v) is 6.01. The number of carbonyl (C=O) groups is 3. The van der Waals surface area contributed by atoms with E-state index in [1.807, 2.05) is 6.07 Å². The molecule has 1 aromatic rings. The summed E-state index contributed by atoms with van der Waals surface area (Å²) in [6.07, 6.45) is -0.415. The van der Waals surface area contributed by atoms with Crippen LogP contribution in [-0.2, 0) is 25.5 Å². The van der Waals surface area contributed by atoms with Gasteiger partial charge in [0.25, 0.3) is 0 Å². The van der Waals surface area contributed by atoms with Crippen molar-refractivity contribution >= 4 is 25.5 Å². The molecule has 1 aromatic carbocycles. The molecule has 0 saturated carbocycles. The molecule has 1 aliphatic heterocycles. The standard InChI is InChI=1S/C19H28N3O8P/c1-2-14(22-19(26)30-11-12-6-4-3-5-7-12)17(24)21-15(18(25)31(27,28)29)10-13-8-9-20-16(13)23/h3-7,13-15,18,25H,2,8-11H2,1H3,(H,20,23)(H,21,24)(H,22,26)(H2,27,28,29)/t13?,14-,15-,18?/m0/s1. The predicted molar refractivity (Wildman–Crippen MR) is 110 cm³/mol. The topological polar surface area (TPSA) is 174 Å². The second-order valence-electron chi connectivity index (χ2n) is 7.30. The molecule has 1 saturated heterocycles. The van der Waals surface area contributed by atoms with Gasteiger partial charge in [-0.3, -0.25) is 14.2 Å². The molecule has 0 spiro atoms. The van der Waals surface area contributed by atoms with E-state index in [4.69, 9.17) is 4.74 Å². The maximum absolute atomic E-state index is 12.6. The van der Waals surface area contributed by atoms with Crippen LogP contribution < -0.4 is 16.0 Å². The molecular weight excluding hydrogens is 429 g/mol. The lowest BCUT2D eigenvalue weighted by molar-refractivity contribution is -0.126. The third kappa shape index (κ3) is 7.62. The normalized spacial score (nSPS) is 19.1. The van der Waals surface area contributed by atoms with Gasteiger partial charge >= 0.3 is 13.7 Å². The van der Waals surface area contributed by atoms with Gasteiger partial charge in [-0.15, -0.1) is 0 Å². The van der Waals surface area contributed by atoms with E-state index in [1.165, 1.54) is 0 Å². The van der Waals surface area contributed by atoms with Crippen molar-refractivity contribution in [2.75, 3.05) is 6.54 Å². The van der Waals surface area contributed by atoms with Crippen LogP contribution in [0.15, 0.2) is 30.3 Å². The molecule has 2 rings (SSSR count). The molecule has 0 aromatic heterocycles. The second kappa shape index (κ2) is 11.2. The van der Waals surface area contributed by atoms with Crippen molar-refractivity contribution in [3.63, 3.8) is 0 Å². The number of ether oxygens (including phenoxy) is 1. The van der Waals surface area contributed by atoms with Crippen molar-refractivity contribution < 1.29 is 38.6 Å². The van der Waals surface area contributed by atoms with Gasteiger partial charge in [0.05, 0.1) is 6.04 Å². The molecule has 0 bridgehead atoms. The molecular formula is C19H28N3O8P. The minimum atomic E-state index is -4.96. The average Bonchev–Trinajstić information content (AvgIpc) is 3.13. The van der Waals surface area contributed by atoms with Gasteiger partial charge in [0.15, 0.2) is 5.85 Å². The van der Waals surface area contributed by atoms with Gasteiger partial charge in [-0.1, -0.05) is 37.3 Å². The van der Waals surface area contributed by atoms with Crippen LogP contribution in [0.4, 0.5) is 4.79 Å². The number of hydrogen-bond donors (Lipinski definition) is 6. The highest BCUT2D eigenvalue weighted by Crippen LogP contribution is 2.42. The number of hydrogen-bond acceptors (Lipinski definition) is 6. The Balaban J connectivity index is 1.98. The zero-order chi connectivity index (χ0) is 23.0. The number of aliphatic hydroxyl groups excluding tert-OH is 1. The van der Waals surface area contributed by atoms with Crippen molar-refractivity contribution in [3.8, 4) is 0 Å². The Hall–Kier alpha value is -2.46. The molecule has 31 heavy (non-hydrogen) atoms. The summed E-state index contributed by atoms with van der Waals surface area (Å²) in [6, 6.07) is 6.49. The van der Waals surface area contributed by atoms with Gasteiger partial charge in [-0.2, -0.15) is 0 Å². The summed E-state index contributed by atoms with van der Waals surface area (Å²) >= 11 is 0. The van der Waals surface area contributed by atoms with E-state index in [0.29, 0.717) is 13.0 Å². The highest BCUT2D eigenvalue weighted by atomic mass is 31.2. The quantitative estimate of drug-likeness (QED) is 0.270. The van der Waals surface area contributed by atoms with Crippen molar-refractivity contribution in [3.05, 3.63) is 35.9 Å². The molecule has 2 unspecified atom stereocenters. The Labute approximate surface area is 179 Å². The number of benzene rings is 1. The molecule has 4 atom stereocenters. The van der Waals surface area contributed by atoms with Crippen LogP contribution in [0.25, 0.3) is 0 Å². The van der Waals surface area contributed by atoms with E-state index in [1.54, 1.807) is 31.2 Å². The fraction of sp³-hybridized carbons (Fsp3) is 0.526. The van der Waals surface area contributed by atoms with Crippen molar-refractivity contribution in [1.29, 1.82) is 0 Å². The van der Waals surface area contributed by atoms with Crippen LogP contribution in [0.3, 0.4) is 0 Å².